The highest BCUT2D eigenvalue weighted by molar-refractivity contribution is 9.10. The summed E-state index contributed by atoms with van der Waals surface area (Å²) in [4.78, 5) is 11.9. The Bertz CT molecular complexity index is 684. The highest BCUT2D eigenvalue weighted by Crippen LogP contribution is 2.16. The second kappa shape index (κ2) is 7.04. The van der Waals surface area contributed by atoms with Crippen molar-refractivity contribution in [2.45, 2.75) is 6.92 Å². The molecule has 0 saturated carbocycles. The summed E-state index contributed by atoms with van der Waals surface area (Å²) in [5, 5.41) is 3.96. The number of halogens is 1. The lowest BCUT2D eigenvalue weighted by molar-refractivity contribution is 0.0955. The molecule has 0 aromatic heterocycles. The fourth-order valence-corrected chi connectivity index (χ4v) is 2.08. The molecule has 0 heterocycles. The van der Waals surface area contributed by atoms with Crippen molar-refractivity contribution in [1.29, 1.82) is 0 Å². The van der Waals surface area contributed by atoms with Crippen LogP contribution in [0.4, 0.5) is 0 Å². The van der Waals surface area contributed by atoms with Crippen LogP contribution >= 0.6 is 15.9 Å². The lowest BCUT2D eigenvalue weighted by Crippen LogP contribution is -2.17. The van der Waals surface area contributed by atoms with Gasteiger partial charge in [0.15, 0.2) is 0 Å². The van der Waals surface area contributed by atoms with E-state index in [1.807, 2.05) is 25.1 Å². The number of aryl methyl sites for hydroxylation is 1. The third-order valence-corrected chi connectivity index (χ3v) is 3.76. The van der Waals surface area contributed by atoms with Crippen LogP contribution in [0.2, 0.25) is 0 Å². The van der Waals surface area contributed by atoms with Crippen LogP contribution in [0.15, 0.2) is 52.0 Å². The molecule has 0 saturated heterocycles. The number of rotatable bonds is 4. The van der Waals surface area contributed by atoms with Crippen LogP contribution in [0, 0.1) is 6.92 Å². The van der Waals surface area contributed by atoms with Gasteiger partial charge in [-0.2, -0.15) is 5.10 Å². The molecule has 0 bridgehead atoms. The van der Waals surface area contributed by atoms with Crippen LogP contribution in [0.25, 0.3) is 0 Å². The molecule has 0 aliphatic heterocycles. The molecule has 0 spiro atoms. The van der Waals surface area contributed by atoms with Crippen LogP contribution < -0.4 is 10.2 Å². The molecule has 0 aliphatic carbocycles. The summed E-state index contributed by atoms with van der Waals surface area (Å²) in [7, 11) is 1.56. The third-order valence-electron chi connectivity index (χ3n) is 2.91. The quantitative estimate of drug-likeness (QED) is 0.680. The zero-order valence-electron chi connectivity index (χ0n) is 11.8. The first kappa shape index (κ1) is 15.3. The van der Waals surface area contributed by atoms with E-state index in [0.29, 0.717) is 11.3 Å². The summed E-state index contributed by atoms with van der Waals surface area (Å²) >= 11 is 3.46. The predicted molar refractivity (Wildman–Crippen MR) is 86.9 cm³/mol. The topological polar surface area (TPSA) is 50.7 Å². The first-order valence-corrected chi connectivity index (χ1v) is 7.13. The van der Waals surface area contributed by atoms with Crippen molar-refractivity contribution in [1.82, 2.24) is 5.43 Å². The third kappa shape index (κ3) is 4.16. The van der Waals surface area contributed by atoms with E-state index in [4.69, 9.17) is 4.74 Å². The number of benzene rings is 2. The molecule has 0 radical (unpaired) electrons. The predicted octanol–water partition coefficient (Wildman–Crippen LogP) is 3.53. The Morgan fingerprint density at radius 1 is 1.29 bits per heavy atom. The molecule has 0 aliphatic rings. The van der Waals surface area contributed by atoms with E-state index in [1.165, 1.54) is 0 Å². The number of hydrazone groups is 1. The van der Waals surface area contributed by atoms with E-state index in [1.54, 1.807) is 37.6 Å². The second-order valence-corrected chi connectivity index (χ2v) is 5.29. The molecular weight excluding hydrogens is 332 g/mol. The van der Waals surface area contributed by atoms with Crippen molar-refractivity contribution in [2.75, 3.05) is 7.11 Å². The first-order chi connectivity index (χ1) is 10.1. The number of nitrogens with one attached hydrogen (secondary N) is 1. The zero-order valence-corrected chi connectivity index (χ0v) is 13.3. The minimum Gasteiger partial charge on any atom is -0.497 e. The average molecular weight is 347 g/mol. The Balaban J connectivity index is 2.02. The molecular formula is C16H15BrN2O2. The lowest BCUT2D eigenvalue weighted by Gasteiger charge is -2.03. The van der Waals surface area contributed by atoms with Gasteiger partial charge in [0.05, 0.1) is 13.3 Å². The Labute approximate surface area is 132 Å². The molecule has 2 rings (SSSR count). The Kier molecular flexibility index (Phi) is 5.11. The number of ether oxygens (including phenoxy) is 1. The number of nitrogens with zero attached hydrogens (tertiary/aromatic N) is 1. The van der Waals surface area contributed by atoms with Crippen molar-refractivity contribution in [2.24, 2.45) is 5.10 Å². The van der Waals surface area contributed by atoms with Gasteiger partial charge >= 0.3 is 0 Å². The van der Waals surface area contributed by atoms with Gasteiger partial charge in [-0.25, -0.2) is 5.43 Å². The van der Waals surface area contributed by atoms with Crippen LogP contribution in [0.1, 0.15) is 21.5 Å². The van der Waals surface area contributed by atoms with Crippen molar-refractivity contribution in [3.8, 4) is 5.75 Å². The smallest absolute Gasteiger partial charge is 0.271 e. The molecule has 2 aromatic rings. The minimum atomic E-state index is -0.281. The van der Waals surface area contributed by atoms with Crippen LogP contribution in [0.3, 0.4) is 0 Å². The van der Waals surface area contributed by atoms with Gasteiger partial charge < -0.3 is 4.74 Å². The molecule has 4 nitrogen and oxygen atoms in total. The molecule has 1 amide bonds. The number of carbonyl (C=O) groups is 1. The highest BCUT2D eigenvalue weighted by atomic mass is 79.9. The molecule has 0 atom stereocenters. The number of hydrogen-bond donors (Lipinski definition) is 1. The maximum absolute atomic E-state index is 11.9. The highest BCUT2D eigenvalue weighted by Gasteiger charge is 2.04. The number of methoxy groups -OCH3 is 1. The summed E-state index contributed by atoms with van der Waals surface area (Å²) < 4.78 is 6.08. The van der Waals surface area contributed by atoms with E-state index in [2.05, 4.69) is 26.5 Å². The second-order valence-electron chi connectivity index (χ2n) is 4.44. The minimum absolute atomic E-state index is 0.281. The molecule has 1 N–H and O–H groups in total. The Morgan fingerprint density at radius 3 is 2.81 bits per heavy atom. The van der Waals surface area contributed by atoms with Gasteiger partial charge in [0, 0.05) is 10.0 Å². The van der Waals surface area contributed by atoms with E-state index >= 15 is 0 Å². The van der Waals surface area contributed by atoms with Gasteiger partial charge in [-0.1, -0.05) is 34.1 Å². The van der Waals surface area contributed by atoms with Crippen LogP contribution in [0.5, 0.6) is 5.75 Å². The summed E-state index contributed by atoms with van der Waals surface area (Å²) in [6, 6.07) is 12.8. The van der Waals surface area contributed by atoms with Crippen molar-refractivity contribution < 1.29 is 9.53 Å². The molecule has 0 fully saturated rings. The molecule has 2 aromatic carbocycles. The van der Waals surface area contributed by atoms with E-state index in [-0.39, 0.29) is 5.91 Å². The SMILES string of the molecule is COc1cccc(C(=O)N/N=C/c2ccc(C)c(Br)c2)c1. The summed E-state index contributed by atoms with van der Waals surface area (Å²) in [5.41, 5.74) is 5.04. The van der Waals surface area contributed by atoms with Crippen molar-refractivity contribution in [3.05, 3.63) is 63.6 Å². The van der Waals surface area contributed by atoms with Gasteiger partial charge in [0.25, 0.3) is 5.91 Å². The van der Waals surface area contributed by atoms with Crippen molar-refractivity contribution in [3.63, 3.8) is 0 Å². The molecule has 0 unspecified atom stereocenters. The van der Waals surface area contributed by atoms with E-state index in [9.17, 15) is 4.79 Å². The van der Waals surface area contributed by atoms with Gasteiger partial charge in [0.2, 0.25) is 0 Å². The van der Waals surface area contributed by atoms with Gasteiger partial charge in [0.1, 0.15) is 5.75 Å². The zero-order chi connectivity index (χ0) is 15.2. The molecule has 108 valence electrons. The fourth-order valence-electron chi connectivity index (χ4n) is 1.68. The summed E-state index contributed by atoms with van der Waals surface area (Å²) in [6.45, 7) is 2.01. The lowest BCUT2D eigenvalue weighted by atomic mass is 10.2. The van der Waals surface area contributed by atoms with Crippen LogP contribution in [-0.2, 0) is 0 Å². The number of hydrogen-bond acceptors (Lipinski definition) is 3. The maximum Gasteiger partial charge on any atom is 0.271 e. The van der Waals surface area contributed by atoms with Gasteiger partial charge in [-0.05, 0) is 42.3 Å². The van der Waals surface area contributed by atoms with Crippen LogP contribution in [-0.4, -0.2) is 19.2 Å². The normalized spacial score (nSPS) is 10.6. The van der Waals surface area contributed by atoms with E-state index in [0.717, 1.165) is 15.6 Å². The fraction of sp³-hybridized carbons (Fsp3) is 0.125. The first-order valence-electron chi connectivity index (χ1n) is 6.34. The summed E-state index contributed by atoms with van der Waals surface area (Å²) in [5.74, 6) is 0.352. The molecule has 5 heteroatoms. The summed E-state index contributed by atoms with van der Waals surface area (Å²) in [6.07, 6.45) is 1.60. The number of carbonyl (C=O) groups excluding carboxylic acids is 1. The van der Waals surface area contributed by atoms with Gasteiger partial charge in [-0.3, -0.25) is 4.79 Å². The standard InChI is InChI=1S/C16H15BrN2O2/c1-11-6-7-12(8-15(11)17)10-18-19-16(20)13-4-3-5-14(9-13)21-2/h3-10H,1-2H3,(H,19,20)/b18-10+. The largest absolute Gasteiger partial charge is 0.497 e. The maximum atomic E-state index is 11.9. The monoisotopic (exact) mass is 346 g/mol. The van der Waals surface area contributed by atoms with E-state index < -0.39 is 0 Å². The number of amides is 1. The Morgan fingerprint density at radius 2 is 2.10 bits per heavy atom. The Hall–Kier alpha value is -2.14. The molecule has 21 heavy (non-hydrogen) atoms. The van der Waals surface area contributed by atoms with Crippen molar-refractivity contribution >= 4 is 28.1 Å². The van der Waals surface area contributed by atoms with Gasteiger partial charge in [-0.15, -0.1) is 0 Å². The average Bonchev–Trinajstić information content (AvgIpc) is 2.50.